The zero-order valence-corrected chi connectivity index (χ0v) is 13.2. The van der Waals surface area contributed by atoms with Gasteiger partial charge >= 0.3 is 0 Å². The van der Waals surface area contributed by atoms with Gasteiger partial charge in [0.25, 0.3) is 0 Å². The molecule has 0 saturated heterocycles. The van der Waals surface area contributed by atoms with Gasteiger partial charge in [-0.05, 0) is 48.1 Å². The maximum Gasteiger partial charge on any atom is 0.224 e. The molecule has 2 aromatic carbocycles. The first-order chi connectivity index (χ1) is 10.6. The monoisotopic (exact) mass is 297 g/mol. The number of hydrogen-bond acceptors (Lipinski definition) is 2. The van der Waals surface area contributed by atoms with Crippen LogP contribution in [0.5, 0.6) is 0 Å². The smallest absolute Gasteiger partial charge is 0.224 e. The molecule has 3 nitrogen and oxygen atoms in total. The second kappa shape index (κ2) is 7.76. The van der Waals surface area contributed by atoms with Crippen molar-refractivity contribution in [2.75, 3.05) is 5.32 Å². The minimum Gasteiger partial charge on any atom is -0.392 e. The Morgan fingerprint density at radius 2 is 1.68 bits per heavy atom. The van der Waals surface area contributed by atoms with Crippen LogP contribution in [0.1, 0.15) is 35.6 Å². The molecule has 116 valence electrons. The maximum atomic E-state index is 12.1. The summed E-state index contributed by atoms with van der Waals surface area (Å²) in [4.78, 5) is 12.1. The van der Waals surface area contributed by atoms with Gasteiger partial charge in [-0.15, -0.1) is 0 Å². The van der Waals surface area contributed by atoms with Crippen LogP contribution < -0.4 is 5.32 Å². The van der Waals surface area contributed by atoms with Gasteiger partial charge in [0.1, 0.15) is 0 Å². The molecule has 0 unspecified atom stereocenters. The van der Waals surface area contributed by atoms with Crippen LogP contribution >= 0.6 is 0 Å². The summed E-state index contributed by atoms with van der Waals surface area (Å²) in [6.07, 6.45) is 2.21. The van der Waals surface area contributed by atoms with Crippen LogP contribution in [-0.2, 0) is 24.2 Å². The van der Waals surface area contributed by atoms with E-state index >= 15 is 0 Å². The Balaban J connectivity index is 1.92. The number of carbonyl (C=O) groups excluding carboxylic acids is 1. The summed E-state index contributed by atoms with van der Waals surface area (Å²) in [5.41, 5.74) is 5.06. The fourth-order valence-electron chi connectivity index (χ4n) is 2.31. The average Bonchev–Trinajstić information content (AvgIpc) is 2.55. The first-order valence-electron chi connectivity index (χ1n) is 7.70. The molecule has 0 radical (unpaired) electrons. The Bertz CT molecular complexity index is 632. The number of benzene rings is 2. The van der Waals surface area contributed by atoms with Gasteiger partial charge in [0.05, 0.1) is 6.61 Å². The quantitative estimate of drug-likeness (QED) is 0.855. The lowest BCUT2D eigenvalue weighted by molar-refractivity contribution is -0.116. The van der Waals surface area contributed by atoms with E-state index < -0.39 is 0 Å². The van der Waals surface area contributed by atoms with Crippen LogP contribution in [0.15, 0.2) is 42.5 Å². The number of aliphatic hydroxyl groups excluding tert-OH is 1. The maximum absolute atomic E-state index is 12.1. The third-order valence-corrected chi connectivity index (χ3v) is 3.83. The molecule has 0 aliphatic carbocycles. The Morgan fingerprint density at radius 1 is 1.05 bits per heavy atom. The van der Waals surface area contributed by atoms with Crippen LogP contribution in [0.3, 0.4) is 0 Å². The highest BCUT2D eigenvalue weighted by atomic mass is 16.3. The molecule has 2 rings (SSSR count). The number of aryl methyl sites for hydroxylation is 3. The fourth-order valence-corrected chi connectivity index (χ4v) is 2.31. The number of anilines is 1. The van der Waals surface area contributed by atoms with Crippen molar-refractivity contribution >= 4 is 11.6 Å². The van der Waals surface area contributed by atoms with Gasteiger partial charge in [0.15, 0.2) is 0 Å². The molecule has 0 aliphatic rings. The largest absolute Gasteiger partial charge is 0.392 e. The Kier molecular flexibility index (Phi) is 5.73. The third-order valence-electron chi connectivity index (χ3n) is 3.83. The van der Waals surface area contributed by atoms with Crippen LogP contribution in [0.2, 0.25) is 0 Å². The second-order valence-electron chi connectivity index (χ2n) is 5.53. The van der Waals surface area contributed by atoms with Crippen molar-refractivity contribution in [3.63, 3.8) is 0 Å². The van der Waals surface area contributed by atoms with E-state index in [4.69, 9.17) is 5.11 Å². The Morgan fingerprint density at radius 3 is 2.32 bits per heavy atom. The fraction of sp³-hybridized carbons (Fsp3) is 0.316. The van der Waals surface area contributed by atoms with E-state index in [-0.39, 0.29) is 12.5 Å². The van der Waals surface area contributed by atoms with E-state index in [1.165, 1.54) is 11.1 Å². The minimum atomic E-state index is -0.0209. The van der Waals surface area contributed by atoms with Gasteiger partial charge in [-0.1, -0.05) is 43.3 Å². The van der Waals surface area contributed by atoms with Crippen molar-refractivity contribution in [2.45, 2.75) is 39.7 Å². The third kappa shape index (κ3) is 4.43. The normalized spacial score (nSPS) is 10.5. The SMILES string of the molecule is CCc1ccc(CCC(=O)Nc2cc(CO)ccc2C)cc1. The van der Waals surface area contributed by atoms with Crippen LogP contribution in [0, 0.1) is 6.92 Å². The van der Waals surface area contributed by atoms with Gasteiger partial charge in [-0.3, -0.25) is 4.79 Å². The van der Waals surface area contributed by atoms with Crippen molar-refractivity contribution in [1.82, 2.24) is 0 Å². The zero-order valence-electron chi connectivity index (χ0n) is 13.2. The first-order valence-corrected chi connectivity index (χ1v) is 7.70. The van der Waals surface area contributed by atoms with Crippen molar-refractivity contribution in [1.29, 1.82) is 0 Å². The van der Waals surface area contributed by atoms with Gasteiger partial charge in [0, 0.05) is 12.1 Å². The summed E-state index contributed by atoms with van der Waals surface area (Å²) in [7, 11) is 0. The van der Waals surface area contributed by atoms with Crippen molar-refractivity contribution in [3.8, 4) is 0 Å². The summed E-state index contributed by atoms with van der Waals surface area (Å²) in [6, 6.07) is 14.0. The van der Waals surface area contributed by atoms with E-state index in [0.29, 0.717) is 6.42 Å². The van der Waals surface area contributed by atoms with E-state index in [9.17, 15) is 4.79 Å². The van der Waals surface area contributed by atoms with Gasteiger partial charge in [0.2, 0.25) is 5.91 Å². The number of rotatable bonds is 6. The van der Waals surface area contributed by atoms with E-state index in [1.807, 2.05) is 25.1 Å². The van der Waals surface area contributed by atoms with Gasteiger partial charge < -0.3 is 10.4 Å². The topological polar surface area (TPSA) is 49.3 Å². The second-order valence-corrected chi connectivity index (χ2v) is 5.53. The molecule has 0 heterocycles. The number of nitrogens with one attached hydrogen (secondary N) is 1. The average molecular weight is 297 g/mol. The molecule has 0 spiro atoms. The molecule has 0 aromatic heterocycles. The molecule has 0 saturated carbocycles. The van der Waals surface area contributed by atoms with Crippen molar-refractivity contribution in [2.24, 2.45) is 0 Å². The summed E-state index contributed by atoms with van der Waals surface area (Å²) in [6.45, 7) is 4.05. The Hall–Kier alpha value is -2.13. The van der Waals surface area contributed by atoms with Crippen molar-refractivity contribution < 1.29 is 9.90 Å². The highest BCUT2D eigenvalue weighted by molar-refractivity contribution is 5.91. The van der Waals surface area contributed by atoms with E-state index in [2.05, 4.69) is 36.5 Å². The Labute approximate surface area is 132 Å². The molecule has 0 atom stereocenters. The van der Waals surface area contributed by atoms with E-state index in [0.717, 1.165) is 29.7 Å². The molecular formula is C19H23NO2. The van der Waals surface area contributed by atoms with Crippen molar-refractivity contribution in [3.05, 3.63) is 64.7 Å². The number of carbonyl (C=O) groups is 1. The summed E-state index contributed by atoms with van der Waals surface area (Å²) in [5.74, 6) is -0.00208. The minimum absolute atomic E-state index is 0.00208. The van der Waals surface area contributed by atoms with Crippen LogP contribution in [0.4, 0.5) is 5.69 Å². The molecule has 0 aliphatic heterocycles. The van der Waals surface area contributed by atoms with Crippen LogP contribution in [0.25, 0.3) is 0 Å². The first kappa shape index (κ1) is 16.2. The standard InChI is InChI=1S/C19H23NO2/c1-3-15-6-8-16(9-7-15)10-11-19(22)20-18-12-17(13-21)5-4-14(18)2/h4-9,12,21H,3,10-11,13H2,1-2H3,(H,20,22). The summed E-state index contributed by atoms with van der Waals surface area (Å²) >= 11 is 0. The summed E-state index contributed by atoms with van der Waals surface area (Å²) in [5, 5.41) is 12.1. The van der Waals surface area contributed by atoms with Gasteiger partial charge in [-0.25, -0.2) is 0 Å². The predicted octanol–water partition coefficient (Wildman–Crippen LogP) is 3.62. The molecule has 22 heavy (non-hydrogen) atoms. The lowest BCUT2D eigenvalue weighted by Gasteiger charge is -2.10. The van der Waals surface area contributed by atoms with Gasteiger partial charge in [-0.2, -0.15) is 0 Å². The number of aliphatic hydroxyl groups is 1. The molecule has 0 bridgehead atoms. The lowest BCUT2D eigenvalue weighted by atomic mass is 10.1. The molecular weight excluding hydrogens is 274 g/mol. The van der Waals surface area contributed by atoms with E-state index in [1.54, 1.807) is 0 Å². The molecule has 3 heteroatoms. The van der Waals surface area contributed by atoms with Crippen LogP contribution in [-0.4, -0.2) is 11.0 Å². The number of hydrogen-bond donors (Lipinski definition) is 2. The molecule has 2 aromatic rings. The molecule has 0 fully saturated rings. The highest BCUT2D eigenvalue weighted by Crippen LogP contribution is 2.17. The predicted molar refractivity (Wildman–Crippen MR) is 89.9 cm³/mol. The molecule has 1 amide bonds. The molecule has 2 N–H and O–H groups in total. The number of amides is 1. The summed E-state index contributed by atoms with van der Waals surface area (Å²) < 4.78 is 0. The lowest BCUT2D eigenvalue weighted by Crippen LogP contribution is -2.13. The zero-order chi connectivity index (χ0) is 15.9. The highest BCUT2D eigenvalue weighted by Gasteiger charge is 2.06.